The lowest BCUT2D eigenvalue weighted by Crippen LogP contribution is -2.38. The number of hydrogen-bond donors (Lipinski definition) is 1. The summed E-state index contributed by atoms with van der Waals surface area (Å²) in [5, 5.41) is 2.91. The van der Waals surface area contributed by atoms with E-state index >= 15 is 0 Å². The average molecular weight is 336 g/mol. The summed E-state index contributed by atoms with van der Waals surface area (Å²) in [6.45, 7) is 3.49. The van der Waals surface area contributed by atoms with Crippen molar-refractivity contribution in [1.29, 1.82) is 0 Å². The third-order valence-electron chi connectivity index (χ3n) is 4.58. The number of aromatic nitrogens is 2. The minimum atomic E-state index is -0.0104. The molecule has 0 saturated carbocycles. The number of oxazole rings is 1. The van der Waals surface area contributed by atoms with Gasteiger partial charge < -0.3 is 14.6 Å². The first-order valence-corrected chi connectivity index (χ1v) is 8.53. The Bertz CT molecular complexity index is 847. The lowest BCUT2D eigenvalue weighted by atomic mass is 9.96. The van der Waals surface area contributed by atoms with Gasteiger partial charge in [0.15, 0.2) is 5.58 Å². The number of hydrogen-bond acceptors (Lipinski definition) is 5. The van der Waals surface area contributed by atoms with Crippen LogP contribution >= 0.6 is 0 Å². The fourth-order valence-corrected chi connectivity index (χ4v) is 3.10. The lowest BCUT2D eigenvalue weighted by Gasteiger charge is -2.30. The van der Waals surface area contributed by atoms with Crippen LogP contribution in [0, 0.1) is 12.8 Å². The van der Waals surface area contributed by atoms with E-state index in [-0.39, 0.29) is 11.8 Å². The van der Waals surface area contributed by atoms with Gasteiger partial charge in [-0.05, 0) is 43.5 Å². The molecule has 1 fully saturated rings. The third-order valence-corrected chi connectivity index (χ3v) is 4.58. The molecule has 2 aromatic heterocycles. The number of aryl methyl sites for hydroxylation is 1. The highest BCUT2D eigenvalue weighted by Crippen LogP contribution is 2.26. The van der Waals surface area contributed by atoms with E-state index in [1.165, 1.54) is 0 Å². The summed E-state index contributed by atoms with van der Waals surface area (Å²) in [6.07, 6.45) is 3.30. The van der Waals surface area contributed by atoms with Gasteiger partial charge in [0.1, 0.15) is 11.3 Å². The molecular weight excluding hydrogens is 316 g/mol. The van der Waals surface area contributed by atoms with Gasteiger partial charge in [0, 0.05) is 25.2 Å². The second kappa shape index (κ2) is 6.55. The maximum absolute atomic E-state index is 12.4. The van der Waals surface area contributed by atoms with Crippen molar-refractivity contribution in [2.45, 2.75) is 19.8 Å². The summed E-state index contributed by atoms with van der Waals surface area (Å²) >= 11 is 0. The molecule has 1 N–H and O–H groups in total. The van der Waals surface area contributed by atoms with Crippen molar-refractivity contribution in [1.82, 2.24) is 9.97 Å². The van der Waals surface area contributed by atoms with E-state index < -0.39 is 0 Å². The van der Waals surface area contributed by atoms with Gasteiger partial charge in [-0.25, -0.2) is 4.98 Å². The molecule has 0 radical (unpaired) electrons. The van der Waals surface area contributed by atoms with Gasteiger partial charge in [-0.3, -0.25) is 4.79 Å². The highest BCUT2D eigenvalue weighted by Gasteiger charge is 2.27. The Balaban J connectivity index is 1.37. The maximum Gasteiger partial charge on any atom is 0.298 e. The van der Waals surface area contributed by atoms with Crippen LogP contribution in [0.4, 0.5) is 11.8 Å². The zero-order valence-corrected chi connectivity index (χ0v) is 14.1. The number of piperidine rings is 1. The largest absolute Gasteiger partial charge is 0.423 e. The van der Waals surface area contributed by atoms with Crippen LogP contribution in [0.5, 0.6) is 0 Å². The van der Waals surface area contributed by atoms with Gasteiger partial charge in [-0.15, -0.1) is 0 Å². The molecule has 4 rings (SSSR count). The van der Waals surface area contributed by atoms with Gasteiger partial charge in [0.25, 0.3) is 6.01 Å². The van der Waals surface area contributed by atoms with E-state index in [9.17, 15) is 4.79 Å². The normalized spacial score (nSPS) is 15.5. The molecule has 0 aliphatic carbocycles. The Kier molecular flexibility index (Phi) is 4.09. The van der Waals surface area contributed by atoms with E-state index in [4.69, 9.17) is 4.42 Å². The fraction of sp³-hybridized carbons (Fsp3) is 0.316. The van der Waals surface area contributed by atoms with Crippen molar-refractivity contribution in [2.24, 2.45) is 5.92 Å². The minimum Gasteiger partial charge on any atom is -0.423 e. The monoisotopic (exact) mass is 336 g/mol. The molecule has 25 heavy (non-hydrogen) atoms. The van der Waals surface area contributed by atoms with Crippen LogP contribution in [0.2, 0.25) is 0 Å². The third kappa shape index (κ3) is 3.33. The lowest BCUT2D eigenvalue weighted by molar-refractivity contribution is -0.120. The summed E-state index contributed by atoms with van der Waals surface area (Å²) in [5.41, 5.74) is 2.73. The van der Waals surface area contributed by atoms with Crippen molar-refractivity contribution in [3.05, 3.63) is 48.2 Å². The van der Waals surface area contributed by atoms with Crippen LogP contribution in [0.1, 0.15) is 18.4 Å². The fourth-order valence-electron chi connectivity index (χ4n) is 3.10. The molecule has 1 aliphatic rings. The number of anilines is 2. The minimum absolute atomic E-state index is 0.0104. The van der Waals surface area contributed by atoms with Crippen LogP contribution < -0.4 is 10.2 Å². The number of para-hydroxylation sites is 2. The Hall–Kier alpha value is -2.89. The number of rotatable bonds is 3. The molecular formula is C19H20N4O2. The zero-order valence-electron chi connectivity index (χ0n) is 14.1. The molecule has 1 saturated heterocycles. The van der Waals surface area contributed by atoms with E-state index in [0.717, 1.165) is 42.6 Å². The van der Waals surface area contributed by atoms with E-state index in [1.807, 2.05) is 43.3 Å². The van der Waals surface area contributed by atoms with Crippen LogP contribution in [-0.2, 0) is 4.79 Å². The molecule has 0 unspecified atom stereocenters. The second-order valence-electron chi connectivity index (χ2n) is 6.44. The molecule has 128 valence electrons. The Labute approximate surface area is 145 Å². The average Bonchev–Trinajstić information content (AvgIpc) is 3.08. The van der Waals surface area contributed by atoms with Gasteiger partial charge in [-0.2, -0.15) is 4.98 Å². The number of fused-ring (bicyclic) bond motifs is 1. The summed E-state index contributed by atoms with van der Waals surface area (Å²) in [4.78, 5) is 23.3. The van der Waals surface area contributed by atoms with Gasteiger partial charge in [0.05, 0.1) is 0 Å². The maximum atomic E-state index is 12.4. The highest BCUT2D eigenvalue weighted by molar-refractivity contribution is 5.91. The van der Waals surface area contributed by atoms with Crippen LogP contribution in [-0.4, -0.2) is 29.0 Å². The highest BCUT2D eigenvalue weighted by atomic mass is 16.4. The van der Waals surface area contributed by atoms with Crippen molar-refractivity contribution < 1.29 is 9.21 Å². The molecule has 6 heteroatoms. The topological polar surface area (TPSA) is 71.3 Å². The SMILES string of the molecule is Cc1ccc(NC(=O)C2CCN(c3nc4ccccc4o3)CC2)nc1. The number of nitrogens with zero attached hydrogens (tertiary/aromatic N) is 3. The first-order chi connectivity index (χ1) is 12.2. The van der Waals surface area contributed by atoms with Crippen molar-refractivity contribution in [3.63, 3.8) is 0 Å². The standard InChI is InChI=1S/C19H20N4O2/c1-13-6-7-17(20-12-13)22-18(24)14-8-10-23(11-9-14)19-21-15-4-2-3-5-16(15)25-19/h2-7,12,14H,8-11H2,1H3,(H,20,22,24). The Morgan fingerprint density at radius 1 is 1.20 bits per heavy atom. The number of carbonyl (C=O) groups excluding carboxylic acids is 1. The summed E-state index contributed by atoms with van der Waals surface area (Å²) < 4.78 is 5.81. The number of benzene rings is 1. The van der Waals surface area contributed by atoms with Crippen LogP contribution in [0.3, 0.4) is 0 Å². The Morgan fingerprint density at radius 3 is 2.72 bits per heavy atom. The molecule has 3 aromatic rings. The molecule has 6 nitrogen and oxygen atoms in total. The van der Waals surface area contributed by atoms with Crippen LogP contribution in [0.15, 0.2) is 47.0 Å². The molecule has 1 aromatic carbocycles. The number of amides is 1. The van der Waals surface area contributed by atoms with Gasteiger partial charge in [-0.1, -0.05) is 18.2 Å². The van der Waals surface area contributed by atoms with E-state index in [1.54, 1.807) is 6.20 Å². The summed E-state index contributed by atoms with van der Waals surface area (Å²) in [5.74, 6) is 0.634. The van der Waals surface area contributed by atoms with Crippen molar-refractivity contribution in [3.8, 4) is 0 Å². The number of pyridine rings is 1. The molecule has 0 spiro atoms. The zero-order chi connectivity index (χ0) is 17.2. The predicted octanol–water partition coefficient (Wildman–Crippen LogP) is 3.39. The molecule has 3 heterocycles. The Morgan fingerprint density at radius 2 is 2.00 bits per heavy atom. The first kappa shape index (κ1) is 15.6. The van der Waals surface area contributed by atoms with E-state index in [0.29, 0.717) is 11.8 Å². The van der Waals surface area contributed by atoms with Gasteiger partial charge in [0.2, 0.25) is 5.91 Å². The summed E-state index contributed by atoms with van der Waals surface area (Å²) in [6, 6.07) is 12.2. The second-order valence-corrected chi connectivity index (χ2v) is 6.44. The van der Waals surface area contributed by atoms with Crippen molar-refractivity contribution in [2.75, 3.05) is 23.3 Å². The van der Waals surface area contributed by atoms with Crippen LogP contribution in [0.25, 0.3) is 11.1 Å². The first-order valence-electron chi connectivity index (χ1n) is 8.53. The molecule has 1 amide bonds. The molecule has 1 aliphatic heterocycles. The summed E-state index contributed by atoms with van der Waals surface area (Å²) in [7, 11) is 0. The van der Waals surface area contributed by atoms with E-state index in [2.05, 4.69) is 20.2 Å². The predicted molar refractivity (Wildman–Crippen MR) is 96.5 cm³/mol. The molecule has 0 bridgehead atoms. The number of carbonyl (C=O) groups is 1. The number of nitrogens with one attached hydrogen (secondary N) is 1. The van der Waals surface area contributed by atoms with Gasteiger partial charge >= 0.3 is 0 Å². The quantitative estimate of drug-likeness (QED) is 0.794. The smallest absolute Gasteiger partial charge is 0.298 e. The molecule has 0 atom stereocenters. The van der Waals surface area contributed by atoms with Crippen molar-refractivity contribution >= 4 is 28.8 Å².